The van der Waals surface area contributed by atoms with Crippen LogP contribution < -0.4 is 5.32 Å². The first-order valence-corrected chi connectivity index (χ1v) is 7.61. The lowest BCUT2D eigenvalue weighted by Gasteiger charge is -2.18. The highest BCUT2D eigenvalue weighted by Crippen LogP contribution is 2.21. The summed E-state index contributed by atoms with van der Waals surface area (Å²) in [5.41, 5.74) is 1.70. The molecule has 0 radical (unpaired) electrons. The molecule has 3 aromatic rings. The zero-order valence-electron chi connectivity index (χ0n) is 13.0. The number of hydrogen-bond donors (Lipinski definition) is 1. The van der Waals surface area contributed by atoms with Crippen molar-refractivity contribution in [3.8, 4) is 0 Å². The number of amides is 1. The number of nitrogens with one attached hydrogen (secondary N) is 1. The zero-order chi connectivity index (χ0) is 17.1. The van der Waals surface area contributed by atoms with E-state index in [0.29, 0.717) is 11.9 Å². The van der Waals surface area contributed by atoms with E-state index in [0.717, 1.165) is 11.6 Å². The van der Waals surface area contributed by atoms with Crippen molar-refractivity contribution in [2.24, 2.45) is 0 Å². The lowest BCUT2D eigenvalue weighted by Crippen LogP contribution is -2.32. The van der Waals surface area contributed by atoms with E-state index in [1.165, 1.54) is 16.8 Å². The summed E-state index contributed by atoms with van der Waals surface area (Å²) in [4.78, 5) is 12.3. The second-order valence-electron chi connectivity index (χ2n) is 5.43. The molecule has 0 aliphatic rings. The first-order chi connectivity index (χ1) is 11.6. The zero-order valence-corrected chi connectivity index (χ0v) is 13.0. The fourth-order valence-electron chi connectivity index (χ4n) is 2.59. The van der Waals surface area contributed by atoms with Crippen LogP contribution >= 0.6 is 0 Å². The molecule has 0 aliphatic heterocycles. The second kappa shape index (κ2) is 6.74. The van der Waals surface area contributed by atoms with Gasteiger partial charge in [0, 0.05) is 11.6 Å². The first kappa shape index (κ1) is 16.0. The Kier molecular flexibility index (Phi) is 4.50. The van der Waals surface area contributed by atoms with Crippen LogP contribution in [0.15, 0.2) is 42.5 Å². The van der Waals surface area contributed by atoms with Gasteiger partial charge in [-0.15, -0.1) is 5.10 Å². The van der Waals surface area contributed by atoms with Gasteiger partial charge in [0.15, 0.2) is 0 Å². The van der Waals surface area contributed by atoms with Crippen LogP contribution in [0.5, 0.6) is 0 Å². The monoisotopic (exact) mass is 330 g/mol. The highest BCUT2D eigenvalue weighted by molar-refractivity contribution is 5.80. The predicted octanol–water partition coefficient (Wildman–Crippen LogP) is 2.98. The van der Waals surface area contributed by atoms with Gasteiger partial charge in [-0.3, -0.25) is 4.79 Å². The molecule has 0 saturated heterocycles. The number of rotatable bonds is 5. The summed E-state index contributed by atoms with van der Waals surface area (Å²) in [7, 11) is 0. The fourth-order valence-corrected chi connectivity index (χ4v) is 2.59. The minimum atomic E-state index is -0.673. The van der Waals surface area contributed by atoms with Gasteiger partial charge in [-0.1, -0.05) is 30.3 Å². The second-order valence-corrected chi connectivity index (χ2v) is 5.43. The molecule has 1 N–H and O–H groups in total. The molecule has 124 valence electrons. The molecule has 0 saturated carbocycles. The Morgan fingerprint density at radius 2 is 2.04 bits per heavy atom. The summed E-state index contributed by atoms with van der Waals surface area (Å²) in [6, 6.07) is 10.1. The molecule has 2 aromatic carbocycles. The molecule has 1 heterocycles. The molecule has 1 aromatic heterocycles. The normalized spacial score (nSPS) is 12.3. The van der Waals surface area contributed by atoms with E-state index >= 15 is 0 Å². The Bertz CT molecular complexity index is 878. The Labute approximate surface area is 137 Å². The van der Waals surface area contributed by atoms with Crippen molar-refractivity contribution in [2.75, 3.05) is 0 Å². The van der Waals surface area contributed by atoms with Gasteiger partial charge in [0.1, 0.15) is 23.7 Å². The quantitative estimate of drug-likeness (QED) is 0.782. The lowest BCUT2D eigenvalue weighted by molar-refractivity contribution is -0.122. The number of aromatic nitrogens is 3. The SMILES string of the molecule is CCC(NC(=O)Cn1nnc2ccccc21)c1ccc(F)cc1F. The number of carbonyl (C=O) groups excluding carboxylic acids is 1. The van der Waals surface area contributed by atoms with E-state index in [1.54, 1.807) is 6.07 Å². The van der Waals surface area contributed by atoms with E-state index in [2.05, 4.69) is 15.6 Å². The molecule has 0 bridgehead atoms. The van der Waals surface area contributed by atoms with Crippen LogP contribution in [-0.2, 0) is 11.3 Å². The molecule has 0 spiro atoms. The van der Waals surface area contributed by atoms with Crippen molar-refractivity contribution in [3.63, 3.8) is 0 Å². The van der Waals surface area contributed by atoms with Crippen molar-refractivity contribution in [3.05, 3.63) is 59.7 Å². The molecule has 0 fully saturated rings. The maximum absolute atomic E-state index is 13.9. The summed E-state index contributed by atoms with van der Waals surface area (Å²) >= 11 is 0. The maximum atomic E-state index is 13.9. The third-order valence-corrected chi connectivity index (χ3v) is 3.79. The predicted molar refractivity (Wildman–Crippen MR) is 85.1 cm³/mol. The maximum Gasteiger partial charge on any atom is 0.242 e. The summed E-state index contributed by atoms with van der Waals surface area (Å²) in [5, 5.41) is 10.7. The number of para-hydroxylation sites is 1. The van der Waals surface area contributed by atoms with Crippen LogP contribution in [0, 0.1) is 11.6 Å². The van der Waals surface area contributed by atoms with Crippen molar-refractivity contribution in [2.45, 2.75) is 25.9 Å². The summed E-state index contributed by atoms with van der Waals surface area (Å²) in [6.45, 7) is 1.79. The third-order valence-electron chi connectivity index (χ3n) is 3.79. The van der Waals surface area contributed by atoms with E-state index < -0.39 is 17.7 Å². The summed E-state index contributed by atoms with van der Waals surface area (Å²) in [5.74, 6) is -1.64. The molecule has 1 atom stereocenters. The smallest absolute Gasteiger partial charge is 0.242 e. The Hall–Kier alpha value is -2.83. The molecule has 3 rings (SSSR count). The van der Waals surface area contributed by atoms with Crippen LogP contribution in [0.1, 0.15) is 24.9 Å². The number of benzene rings is 2. The van der Waals surface area contributed by atoms with Crippen molar-refractivity contribution in [1.82, 2.24) is 20.3 Å². The van der Waals surface area contributed by atoms with Gasteiger partial charge in [0.05, 0.1) is 11.6 Å². The van der Waals surface area contributed by atoms with Crippen LogP contribution in [0.2, 0.25) is 0 Å². The standard InChI is InChI=1S/C17H16F2N4O/c1-2-14(12-8-7-11(18)9-13(12)19)20-17(24)10-23-16-6-4-3-5-15(16)21-22-23/h3-9,14H,2,10H2,1H3,(H,20,24). The number of hydrogen-bond acceptors (Lipinski definition) is 3. The summed E-state index contributed by atoms with van der Waals surface area (Å²) in [6.07, 6.45) is 0.479. The van der Waals surface area contributed by atoms with Gasteiger partial charge in [-0.2, -0.15) is 0 Å². The number of nitrogens with zero attached hydrogens (tertiary/aromatic N) is 3. The van der Waals surface area contributed by atoms with Gasteiger partial charge >= 0.3 is 0 Å². The van der Waals surface area contributed by atoms with Crippen molar-refractivity contribution in [1.29, 1.82) is 0 Å². The van der Waals surface area contributed by atoms with Crippen LogP contribution in [-0.4, -0.2) is 20.9 Å². The lowest BCUT2D eigenvalue weighted by atomic mass is 10.0. The largest absolute Gasteiger partial charge is 0.348 e. The first-order valence-electron chi connectivity index (χ1n) is 7.61. The van der Waals surface area contributed by atoms with Gasteiger partial charge < -0.3 is 5.32 Å². The molecule has 24 heavy (non-hydrogen) atoms. The van der Waals surface area contributed by atoms with E-state index in [-0.39, 0.29) is 18.0 Å². The number of carbonyl (C=O) groups is 1. The average Bonchev–Trinajstić information content (AvgIpc) is 2.96. The molecule has 1 amide bonds. The number of halogens is 2. The molecular weight excluding hydrogens is 314 g/mol. The fraction of sp³-hybridized carbons (Fsp3) is 0.235. The Morgan fingerprint density at radius 1 is 1.25 bits per heavy atom. The van der Waals surface area contributed by atoms with Crippen molar-refractivity contribution >= 4 is 16.9 Å². The molecule has 1 unspecified atom stereocenters. The topological polar surface area (TPSA) is 59.8 Å². The molecule has 7 heteroatoms. The van der Waals surface area contributed by atoms with Gasteiger partial charge in [-0.25, -0.2) is 13.5 Å². The van der Waals surface area contributed by atoms with Crippen LogP contribution in [0.3, 0.4) is 0 Å². The van der Waals surface area contributed by atoms with E-state index in [4.69, 9.17) is 0 Å². The van der Waals surface area contributed by atoms with Crippen molar-refractivity contribution < 1.29 is 13.6 Å². The van der Waals surface area contributed by atoms with Gasteiger partial charge in [0.25, 0.3) is 0 Å². The minimum Gasteiger partial charge on any atom is -0.348 e. The minimum absolute atomic E-state index is 0.0279. The van der Waals surface area contributed by atoms with E-state index in [9.17, 15) is 13.6 Å². The average molecular weight is 330 g/mol. The van der Waals surface area contributed by atoms with Gasteiger partial charge in [0.2, 0.25) is 5.91 Å². The molecule has 0 aliphatic carbocycles. The van der Waals surface area contributed by atoms with Crippen LogP contribution in [0.25, 0.3) is 11.0 Å². The highest BCUT2D eigenvalue weighted by atomic mass is 19.1. The van der Waals surface area contributed by atoms with Gasteiger partial charge in [-0.05, 0) is 24.6 Å². The van der Waals surface area contributed by atoms with Crippen LogP contribution in [0.4, 0.5) is 8.78 Å². The van der Waals surface area contributed by atoms with E-state index in [1.807, 2.05) is 25.1 Å². The molecule has 5 nitrogen and oxygen atoms in total. The summed E-state index contributed by atoms with van der Waals surface area (Å²) < 4.78 is 28.4. The number of fused-ring (bicyclic) bond motifs is 1. The molecular formula is C17H16F2N4O. The Balaban J connectivity index is 1.75. The third kappa shape index (κ3) is 3.24. The Morgan fingerprint density at radius 3 is 2.79 bits per heavy atom. The highest BCUT2D eigenvalue weighted by Gasteiger charge is 2.18.